The number of benzene rings is 1. The van der Waals surface area contributed by atoms with Crippen molar-refractivity contribution in [1.82, 2.24) is 0 Å². The Hall–Kier alpha value is -0.580. The van der Waals surface area contributed by atoms with Crippen LogP contribution in [0.4, 0.5) is 0 Å². The zero-order valence-corrected chi connectivity index (χ0v) is 10.9. The summed E-state index contributed by atoms with van der Waals surface area (Å²) >= 11 is 2.31. The van der Waals surface area contributed by atoms with Crippen molar-refractivity contribution in [2.45, 2.75) is 23.4 Å². The predicted octanol–water partition coefficient (Wildman–Crippen LogP) is 2.90. The number of hydrogen-bond donors (Lipinski definition) is 0. The number of alkyl halides is 1. The fourth-order valence-corrected chi connectivity index (χ4v) is 2.72. The number of ether oxygens (including phenoxy) is 1. The van der Waals surface area contributed by atoms with Gasteiger partial charge in [-0.2, -0.15) is 0 Å². The van der Waals surface area contributed by atoms with Crippen molar-refractivity contribution in [1.29, 1.82) is 0 Å². The van der Waals surface area contributed by atoms with Gasteiger partial charge in [-0.1, -0.05) is 59.8 Å². The fraction of sp³-hybridized carbons (Fsp3) is 0.417. The Kier molecular flexibility index (Phi) is 2.75. The van der Waals surface area contributed by atoms with Crippen LogP contribution < -0.4 is 0 Å². The molecule has 0 saturated carbocycles. The fourth-order valence-electron chi connectivity index (χ4n) is 1.94. The van der Waals surface area contributed by atoms with Crippen molar-refractivity contribution < 1.29 is 9.53 Å². The van der Waals surface area contributed by atoms with E-state index in [1.807, 2.05) is 44.2 Å². The summed E-state index contributed by atoms with van der Waals surface area (Å²) in [6, 6.07) is 9.94. The van der Waals surface area contributed by atoms with Crippen LogP contribution in [0, 0.1) is 5.92 Å². The van der Waals surface area contributed by atoms with Crippen LogP contribution in [0.3, 0.4) is 0 Å². The van der Waals surface area contributed by atoms with Gasteiger partial charge < -0.3 is 4.74 Å². The zero-order valence-electron chi connectivity index (χ0n) is 8.74. The maximum atomic E-state index is 11.5. The molecule has 1 aromatic rings. The van der Waals surface area contributed by atoms with Crippen LogP contribution in [0.1, 0.15) is 19.4 Å². The van der Waals surface area contributed by atoms with Crippen LogP contribution in [-0.4, -0.2) is 9.89 Å². The SMILES string of the molecule is C[C@H]1C(=O)O[C@@](C)(c2ccccc2)[C@@H]1I. The third-order valence-electron chi connectivity index (χ3n) is 3.00. The molecule has 0 spiro atoms. The number of cyclic esters (lactones) is 1. The molecule has 1 aliphatic heterocycles. The van der Waals surface area contributed by atoms with Gasteiger partial charge in [-0.25, -0.2) is 0 Å². The second-order valence-electron chi connectivity index (χ2n) is 4.08. The molecule has 3 atom stereocenters. The Morgan fingerprint density at radius 2 is 1.93 bits per heavy atom. The molecule has 0 unspecified atom stereocenters. The number of hydrogen-bond acceptors (Lipinski definition) is 2. The van der Waals surface area contributed by atoms with Crippen LogP contribution in [0.25, 0.3) is 0 Å². The van der Waals surface area contributed by atoms with Gasteiger partial charge >= 0.3 is 5.97 Å². The number of carbonyl (C=O) groups excluding carboxylic acids is 1. The Labute approximate surface area is 103 Å². The van der Waals surface area contributed by atoms with Crippen LogP contribution in [-0.2, 0) is 15.1 Å². The van der Waals surface area contributed by atoms with E-state index in [1.54, 1.807) is 0 Å². The first-order chi connectivity index (χ1) is 7.05. The first-order valence-corrected chi connectivity index (χ1v) is 6.22. The van der Waals surface area contributed by atoms with Gasteiger partial charge in [0.05, 0.1) is 9.84 Å². The topological polar surface area (TPSA) is 26.3 Å². The monoisotopic (exact) mass is 316 g/mol. The number of esters is 1. The molecule has 0 aromatic heterocycles. The molecule has 1 saturated heterocycles. The molecule has 0 N–H and O–H groups in total. The first kappa shape index (κ1) is 10.9. The molecular weight excluding hydrogens is 303 g/mol. The van der Waals surface area contributed by atoms with E-state index in [0.29, 0.717) is 0 Å². The predicted molar refractivity (Wildman–Crippen MR) is 66.9 cm³/mol. The molecule has 1 fully saturated rings. The average molecular weight is 316 g/mol. The van der Waals surface area contributed by atoms with Crippen molar-refractivity contribution in [3.05, 3.63) is 35.9 Å². The summed E-state index contributed by atoms with van der Waals surface area (Å²) in [7, 11) is 0. The molecule has 1 heterocycles. The average Bonchev–Trinajstić information content (AvgIpc) is 2.45. The lowest BCUT2D eigenvalue weighted by atomic mass is 9.89. The smallest absolute Gasteiger partial charge is 0.310 e. The number of halogens is 1. The molecule has 2 nitrogen and oxygen atoms in total. The summed E-state index contributed by atoms with van der Waals surface area (Å²) in [5, 5.41) is 0. The second-order valence-corrected chi connectivity index (χ2v) is 5.43. The standard InChI is InChI=1S/C12H13IO2/c1-8-10(13)12(2,15-11(8)14)9-6-4-3-5-7-9/h3-8,10H,1-2H3/t8-,10-,12+/m1/s1. The maximum absolute atomic E-state index is 11.5. The zero-order chi connectivity index (χ0) is 11.1. The lowest BCUT2D eigenvalue weighted by Crippen LogP contribution is -2.30. The minimum absolute atomic E-state index is 0.0317. The number of rotatable bonds is 1. The van der Waals surface area contributed by atoms with Crippen molar-refractivity contribution in [2.75, 3.05) is 0 Å². The van der Waals surface area contributed by atoms with E-state index in [2.05, 4.69) is 22.6 Å². The Morgan fingerprint density at radius 3 is 2.40 bits per heavy atom. The normalized spacial score (nSPS) is 35.3. The van der Waals surface area contributed by atoms with Gasteiger partial charge in [-0.3, -0.25) is 4.79 Å². The summed E-state index contributed by atoms with van der Waals surface area (Å²) in [5.74, 6) is -0.128. The minimum Gasteiger partial charge on any atom is -0.453 e. The van der Waals surface area contributed by atoms with Crippen molar-refractivity contribution in [3.63, 3.8) is 0 Å². The van der Waals surface area contributed by atoms with Crippen molar-refractivity contribution >= 4 is 28.6 Å². The lowest BCUT2D eigenvalue weighted by Gasteiger charge is -2.27. The third-order valence-corrected chi connectivity index (χ3v) is 5.26. The quantitative estimate of drug-likeness (QED) is 0.452. The van der Waals surface area contributed by atoms with Crippen LogP contribution in [0.2, 0.25) is 0 Å². The molecule has 0 aliphatic carbocycles. The van der Waals surface area contributed by atoms with Crippen molar-refractivity contribution in [2.24, 2.45) is 5.92 Å². The highest BCUT2D eigenvalue weighted by atomic mass is 127. The highest BCUT2D eigenvalue weighted by Gasteiger charge is 2.50. The summed E-state index contributed by atoms with van der Waals surface area (Å²) in [5.41, 5.74) is 0.598. The Balaban J connectivity index is 2.40. The molecule has 0 amide bonds. The third kappa shape index (κ3) is 1.67. The van der Waals surface area contributed by atoms with E-state index in [-0.39, 0.29) is 15.8 Å². The van der Waals surface area contributed by atoms with E-state index in [9.17, 15) is 4.79 Å². The Bertz CT molecular complexity index is 376. The van der Waals surface area contributed by atoms with Gasteiger partial charge in [0.15, 0.2) is 0 Å². The molecule has 2 rings (SSSR count). The second kappa shape index (κ2) is 3.77. The molecule has 3 heteroatoms. The van der Waals surface area contributed by atoms with Crippen LogP contribution >= 0.6 is 22.6 Å². The Morgan fingerprint density at radius 1 is 1.33 bits per heavy atom. The molecule has 80 valence electrons. The van der Waals surface area contributed by atoms with Gasteiger partial charge in [-0.15, -0.1) is 0 Å². The van der Waals surface area contributed by atoms with Crippen LogP contribution in [0.15, 0.2) is 30.3 Å². The van der Waals surface area contributed by atoms with Gasteiger partial charge in [-0.05, 0) is 12.5 Å². The highest BCUT2D eigenvalue weighted by Crippen LogP contribution is 2.44. The van der Waals surface area contributed by atoms with E-state index in [0.717, 1.165) is 5.56 Å². The van der Waals surface area contributed by atoms with E-state index in [1.165, 1.54) is 0 Å². The molecule has 0 bridgehead atoms. The summed E-state index contributed by atoms with van der Waals surface area (Å²) in [6.07, 6.45) is 0. The van der Waals surface area contributed by atoms with Gasteiger partial charge in [0.2, 0.25) is 0 Å². The molecule has 15 heavy (non-hydrogen) atoms. The summed E-state index contributed by atoms with van der Waals surface area (Å²) in [6.45, 7) is 3.91. The lowest BCUT2D eigenvalue weighted by molar-refractivity contribution is -0.149. The van der Waals surface area contributed by atoms with E-state index in [4.69, 9.17) is 4.74 Å². The minimum atomic E-state index is -0.474. The largest absolute Gasteiger partial charge is 0.453 e. The van der Waals surface area contributed by atoms with Gasteiger partial charge in [0.25, 0.3) is 0 Å². The van der Waals surface area contributed by atoms with Crippen molar-refractivity contribution in [3.8, 4) is 0 Å². The van der Waals surface area contributed by atoms with Gasteiger partial charge in [0, 0.05) is 0 Å². The number of carbonyl (C=O) groups is 1. The highest BCUT2D eigenvalue weighted by molar-refractivity contribution is 14.1. The molecule has 1 aromatic carbocycles. The van der Waals surface area contributed by atoms with Crippen LogP contribution in [0.5, 0.6) is 0 Å². The maximum Gasteiger partial charge on any atom is 0.310 e. The first-order valence-electron chi connectivity index (χ1n) is 4.98. The summed E-state index contributed by atoms with van der Waals surface area (Å²) in [4.78, 5) is 11.5. The summed E-state index contributed by atoms with van der Waals surface area (Å²) < 4.78 is 5.70. The van der Waals surface area contributed by atoms with E-state index < -0.39 is 5.60 Å². The van der Waals surface area contributed by atoms with E-state index >= 15 is 0 Å². The van der Waals surface area contributed by atoms with Gasteiger partial charge in [0.1, 0.15) is 5.60 Å². The molecular formula is C12H13IO2. The molecule has 1 aliphatic rings. The molecule has 0 radical (unpaired) electrons.